The van der Waals surface area contributed by atoms with Gasteiger partial charge in [-0.05, 0) is 42.0 Å². The van der Waals surface area contributed by atoms with Crippen LogP contribution < -0.4 is 24.4 Å². The molecule has 3 aromatic rings. The monoisotopic (exact) mass is 452 g/mol. The normalized spacial score (nSPS) is 10.5. The summed E-state index contributed by atoms with van der Waals surface area (Å²) in [6.07, 6.45) is 1.34. The molecule has 0 spiro atoms. The summed E-state index contributed by atoms with van der Waals surface area (Å²) in [5, 5.41) is 3.82. The highest BCUT2D eigenvalue weighted by atomic mass is 19.1. The van der Waals surface area contributed by atoms with Crippen LogP contribution in [-0.4, -0.2) is 39.4 Å². The van der Waals surface area contributed by atoms with E-state index in [-0.39, 0.29) is 16.9 Å². The Kier molecular flexibility index (Phi) is 7.59. The molecule has 0 aliphatic heterocycles. The zero-order valence-electron chi connectivity index (χ0n) is 18.1. The van der Waals surface area contributed by atoms with Gasteiger partial charge in [0.15, 0.2) is 11.5 Å². The number of ether oxygens (including phenoxy) is 4. The number of hydrogen-bond donors (Lipinski definition) is 1. The van der Waals surface area contributed by atoms with E-state index in [0.717, 1.165) is 0 Å². The predicted octanol–water partition coefficient (Wildman–Crippen LogP) is 3.83. The molecule has 0 atom stereocenters. The van der Waals surface area contributed by atoms with Gasteiger partial charge in [0, 0.05) is 0 Å². The number of benzene rings is 3. The number of hydrazone groups is 1. The first-order chi connectivity index (χ1) is 16.0. The second-order valence-electron chi connectivity index (χ2n) is 6.55. The molecule has 0 bridgehead atoms. The van der Waals surface area contributed by atoms with Crippen molar-refractivity contribution in [2.24, 2.45) is 5.10 Å². The minimum absolute atomic E-state index is 0.123. The lowest BCUT2D eigenvalue weighted by molar-refractivity contribution is 0.0733. The number of nitrogens with one attached hydrogen (secondary N) is 1. The highest BCUT2D eigenvalue weighted by Gasteiger charge is 2.18. The van der Waals surface area contributed by atoms with Gasteiger partial charge in [0.2, 0.25) is 5.75 Å². The van der Waals surface area contributed by atoms with Crippen LogP contribution in [0.1, 0.15) is 26.3 Å². The molecule has 9 heteroatoms. The average Bonchev–Trinajstić information content (AvgIpc) is 2.83. The van der Waals surface area contributed by atoms with Crippen LogP contribution in [0.3, 0.4) is 0 Å². The minimum atomic E-state index is -0.686. The highest BCUT2D eigenvalue weighted by Crippen LogP contribution is 2.38. The molecule has 3 aromatic carbocycles. The fourth-order valence-electron chi connectivity index (χ4n) is 2.89. The van der Waals surface area contributed by atoms with Crippen LogP contribution in [0.25, 0.3) is 0 Å². The molecule has 0 fully saturated rings. The molecule has 3 rings (SSSR count). The first kappa shape index (κ1) is 23.3. The van der Waals surface area contributed by atoms with Gasteiger partial charge in [-0.3, -0.25) is 4.79 Å². The number of nitrogens with zero attached hydrogens (tertiary/aromatic N) is 1. The topological polar surface area (TPSA) is 95.5 Å². The van der Waals surface area contributed by atoms with Crippen molar-refractivity contribution in [3.8, 4) is 23.0 Å². The van der Waals surface area contributed by atoms with Gasteiger partial charge in [-0.2, -0.15) is 5.10 Å². The molecule has 0 aliphatic carbocycles. The van der Waals surface area contributed by atoms with Gasteiger partial charge in [-0.15, -0.1) is 0 Å². The summed E-state index contributed by atoms with van der Waals surface area (Å²) >= 11 is 0. The summed E-state index contributed by atoms with van der Waals surface area (Å²) in [6, 6.07) is 15.0. The second-order valence-corrected chi connectivity index (χ2v) is 6.55. The minimum Gasteiger partial charge on any atom is -0.493 e. The average molecular weight is 452 g/mol. The lowest BCUT2D eigenvalue weighted by Crippen LogP contribution is -2.18. The van der Waals surface area contributed by atoms with E-state index < -0.39 is 17.7 Å². The Bertz CT molecular complexity index is 1170. The van der Waals surface area contributed by atoms with Crippen LogP contribution in [-0.2, 0) is 0 Å². The van der Waals surface area contributed by atoms with Crippen LogP contribution in [0.2, 0.25) is 0 Å². The van der Waals surface area contributed by atoms with Crippen molar-refractivity contribution in [2.45, 2.75) is 0 Å². The van der Waals surface area contributed by atoms with E-state index in [2.05, 4.69) is 10.5 Å². The second kappa shape index (κ2) is 10.8. The van der Waals surface area contributed by atoms with Gasteiger partial charge >= 0.3 is 5.97 Å². The number of carbonyl (C=O) groups is 2. The zero-order chi connectivity index (χ0) is 23.8. The summed E-state index contributed by atoms with van der Waals surface area (Å²) < 4.78 is 34.9. The number of rotatable bonds is 8. The van der Waals surface area contributed by atoms with Crippen LogP contribution in [0.15, 0.2) is 65.8 Å². The maximum absolute atomic E-state index is 13.7. The van der Waals surface area contributed by atoms with Crippen molar-refractivity contribution in [1.82, 2.24) is 5.43 Å². The molecule has 0 saturated carbocycles. The van der Waals surface area contributed by atoms with E-state index in [1.165, 1.54) is 57.9 Å². The largest absolute Gasteiger partial charge is 0.493 e. The molecule has 1 amide bonds. The Labute approximate surface area is 189 Å². The zero-order valence-corrected chi connectivity index (χ0v) is 18.1. The first-order valence-corrected chi connectivity index (χ1v) is 9.67. The van der Waals surface area contributed by atoms with Crippen LogP contribution >= 0.6 is 0 Å². The number of hydrogen-bond acceptors (Lipinski definition) is 7. The van der Waals surface area contributed by atoms with Crippen molar-refractivity contribution in [1.29, 1.82) is 0 Å². The molecule has 0 aromatic heterocycles. The molecular weight excluding hydrogens is 431 g/mol. The molecular formula is C24H21FN2O6. The number of esters is 1. The third kappa shape index (κ3) is 5.65. The highest BCUT2D eigenvalue weighted by molar-refractivity contribution is 5.95. The fraction of sp³-hybridized carbons (Fsp3) is 0.125. The lowest BCUT2D eigenvalue weighted by atomic mass is 10.1. The van der Waals surface area contributed by atoms with Crippen LogP contribution in [0.4, 0.5) is 4.39 Å². The Hall–Kier alpha value is -4.40. The molecule has 0 unspecified atom stereocenters. The van der Waals surface area contributed by atoms with Crippen molar-refractivity contribution in [2.75, 3.05) is 21.3 Å². The SMILES string of the molecule is COc1cc(C(=O)Oc2cccc(C=NNC(=O)c3ccccc3F)c2)cc(OC)c1OC. The summed E-state index contributed by atoms with van der Waals surface area (Å²) in [6.45, 7) is 0. The molecule has 33 heavy (non-hydrogen) atoms. The molecule has 1 N–H and O–H groups in total. The van der Waals surface area contributed by atoms with Gasteiger partial charge < -0.3 is 18.9 Å². The van der Waals surface area contributed by atoms with Crippen molar-refractivity contribution < 1.29 is 32.9 Å². The van der Waals surface area contributed by atoms with Crippen molar-refractivity contribution in [3.63, 3.8) is 0 Å². The fourth-order valence-corrected chi connectivity index (χ4v) is 2.89. The van der Waals surface area contributed by atoms with Gasteiger partial charge in [0.25, 0.3) is 5.91 Å². The quantitative estimate of drug-likeness (QED) is 0.242. The Morgan fingerprint density at radius 1 is 0.909 bits per heavy atom. The number of carbonyl (C=O) groups excluding carboxylic acids is 2. The Morgan fingerprint density at radius 2 is 1.61 bits per heavy atom. The molecule has 170 valence electrons. The Morgan fingerprint density at radius 3 is 2.24 bits per heavy atom. The van der Waals surface area contributed by atoms with Crippen molar-refractivity contribution >= 4 is 18.1 Å². The van der Waals surface area contributed by atoms with Crippen molar-refractivity contribution in [3.05, 3.63) is 83.2 Å². The van der Waals surface area contributed by atoms with E-state index in [9.17, 15) is 14.0 Å². The van der Waals surface area contributed by atoms with E-state index in [1.54, 1.807) is 30.3 Å². The van der Waals surface area contributed by atoms with E-state index >= 15 is 0 Å². The summed E-state index contributed by atoms with van der Waals surface area (Å²) in [5.74, 6) is -0.743. The summed E-state index contributed by atoms with van der Waals surface area (Å²) in [5.41, 5.74) is 2.87. The van der Waals surface area contributed by atoms with Crippen LogP contribution in [0.5, 0.6) is 23.0 Å². The maximum atomic E-state index is 13.7. The summed E-state index contributed by atoms with van der Waals surface area (Å²) in [7, 11) is 4.35. The maximum Gasteiger partial charge on any atom is 0.343 e. The number of amides is 1. The van der Waals surface area contributed by atoms with Gasteiger partial charge in [0.1, 0.15) is 11.6 Å². The van der Waals surface area contributed by atoms with Gasteiger partial charge in [-0.1, -0.05) is 24.3 Å². The molecule has 0 radical (unpaired) electrons. The van der Waals surface area contributed by atoms with Gasteiger partial charge in [0.05, 0.1) is 38.7 Å². The van der Waals surface area contributed by atoms with E-state index in [4.69, 9.17) is 18.9 Å². The van der Waals surface area contributed by atoms with E-state index in [1.807, 2.05) is 0 Å². The number of methoxy groups -OCH3 is 3. The first-order valence-electron chi connectivity index (χ1n) is 9.67. The van der Waals surface area contributed by atoms with Crippen LogP contribution in [0, 0.1) is 5.82 Å². The Balaban J connectivity index is 1.71. The molecule has 8 nitrogen and oxygen atoms in total. The van der Waals surface area contributed by atoms with Gasteiger partial charge in [-0.25, -0.2) is 14.6 Å². The third-order valence-electron chi connectivity index (χ3n) is 4.47. The summed E-state index contributed by atoms with van der Waals surface area (Å²) in [4.78, 5) is 24.7. The molecule has 0 heterocycles. The molecule has 0 aliphatic rings. The number of halogens is 1. The third-order valence-corrected chi connectivity index (χ3v) is 4.47. The lowest BCUT2D eigenvalue weighted by Gasteiger charge is -2.13. The standard InChI is InChI=1S/C24H21FN2O6/c1-30-20-12-16(13-21(31-2)22(20)32-3)24(29)33-17-8-6-7-15(11-17)14-26-27-23(28)18-9-4-5-10-19(18)25/h4-14H,1-3H3,(H,27,28). The smallest absolute Gasteiger partial charge is 0.343 e. The predicted molar refractivity (Wildman–Crippen MR) is 119 cm³/mol. The molecule has 0 saturated heterocycles. The van der Waals surface area contributed by atoms with E-state index in [0.29, 0.717) is 22.8 Å².